The molecule has 3 heterocycles. The lowest BCUT2D eigenvalue weighted by atomic mass is 9.81. The number of fused-ring (bicyclic) bond motifs is 13. The van der Waals surface area contributed by atoms with Gasteiger partial charge in [-0.15, -0.1) is 11.3 Å². The van der Waals surface area contributed by atoms with Crippen molar-refractivity contribution in [1.29, 1.82) is 0 Å². The second-order valence-electron chi connectivity index (χ2n) is 15.5. The van der Waals surface area contributed by atoms with E-state index in [2.05, 4.69) is 188 Å². The summed E-state index contributed by atoms with van der Waals surface area (Å²) in [6, 6.07) is 62.6. The summed E-state index contributed by atoms with van der Waals surface area (Å²) in [4.78, 5) is 5.51. The van der Waals surface area contributed by atoms with Crippen molar-refractivity contribution in [2.75, 3.05) is 0 Å². The van der Waals surface area contributed by atoms with Crippen molar-refractivity contribution in [2.24, 2.45) is 0 Å². The lowest BCUT2D eigenvalue weighted by Gasteiger charge is -2.22. The van der Waals surface area contributed by atoms with Gasteiger partial charge in [-0.2, -0.15) is 0 Å². The molecule has 0 radical (unpaired) electrons. The topological polar surface area (TPSA) is 17.8 Å². The van der Waals surface area contributed by atoms with Crippen molar-refractivity contribution < 1.29 is 0 Å². The Morgan fingerprint density at radius 1 is 0.473 bits per heavy atom. The Morgan fingerprint density at radius 3 is 1.87 bits per heavy atom. The van der Waals surface area contributed by atoms with Crippen molar-refractivity contribution in [3.63, 3.8) is 0 Å². The van der Waals surface area contributed by atoms with Crippen molar-refractivity contribution in [3.8, 4) is 39.2 Å². The Bertz CT molecular complexity index is 3340. The third-order valence-electron chi connectivity index (χ3n) is 12.2. The number of para-hydroxylation sites is 3. The zero-order valence-electron chi connectivity index (χ0n) is 30.5. The van der Waals surface area contributed by atoms with Gasteiger partial charge < -0.3 is 4.57 Å². The molecule has 1 aliphatic carbocycles. The zero-order valence-corrected chi connectivity index (χ0v) is 31.3. The number of nitrogens with zero attached hydrogens (tertiary/aromatic N) is 2. The van der Waals surface area contributed by atoms with Crippen LogP contribution in [-0.4, -0.2) is 9.55 Å². The largest absolute Gasteiger partial charge is 0.309 e. The molecule has 0 N–H and O–H groups in total. The number of rotatable bonds is 3. The van der Waals surface area contributed by atoms with Crippen LogP contribution in [0.1, 0.15) is 25.0 Å². The Hall–Kier alpha value is -6.55. The summed E-state index contributed by atoms with van der Waals surface area (Å²) in [5, 5.41) is 8.81. The molecule has 12 rings (SSSR count). The maximum atomic E-state index is 5.51. The molecule has 0 bridgehead atoms. The Morgan fingerprint density at radius 2 is 1.09 bits per heavy atom. The maximum Gasteiger partial charge on any atom is 0.0788 e. The maximum absolute atomic E-state index is 5.51. The van der Waals surface area contributed by atoms with Crippen LogP contribution in [0, 0.1) is 0 Å². The Labute approximate surface area is 322 Å². The molecule has 0 unspecified atom stereocenters. The molecule has 0 spiro atoms. The van der Waals surface area contributed by atoms with E-state index in [0.29, 0.717) is 0 Å². The van der Waals surface area contributed by atoms with Gasteiger partial charge in [0, 0.05) is 69.3 Å². The van der Waals surface area contributed by atoms with Crippen LogP contribution in [0.25, 0.3) is 103 Å². The Kier molecular flexibility index (Phi) is 6.31. The SMILES string of the molecule is CC1(C)c2ccccc2-c2ccc(-c3nc4ccccc4c4c3cc(-c3ccc(-n5c6ccccc6c6ccccc65)cc3)c3sc5ccccc5c34)cc21. The fraction of sp³-hybridized carbons (Fsp3) is 0.0577. The second kappa shape index (κ2) is 11.2. The first kappa shape index (κ1) is 30.9. The van der Waals surface area contributed by atoms with E-state index in [0.717, 1.165) is 22.5 Å². The third kappa shape index (κ3) is 4.27. The molecule has 2 nitrogen and oxygen atoms in total. The van der Waals surface area contributed by atoms with Crippen molar-refractivity contribution >= 4 is 75.0 Å². The van der Waals surface area contributed by atoms with Crippen LogP contribution in [0.15, 0.2) is 170 Å². The summed E-state index contributed by atoms with van der Waals surface area (Å²) in [7, 11) is 0. The predicted molar refractivity (Wildman–Crippen MR) is 235 cm³/mol. The summed E-state index contributed by atoms with van der Waals surface area (Å²) >= 11 is 1.90. The van der Waals surface area contributed by atoms with Crippen molar-refractivity contribution in [1.82, 2.24) is 9.55 Å². The number of hydrogen-bond donors (Lipinski definition) is 0. The minimum Gasteiger partial charge on any atom is -0.309 e. The quantitative estimate of drug-likeness (QED) is 0.166. The van der Waals surface area contributed by atoms with Crippen LogP contribution < -0.4 is 0 Å². The molecule has 0 atom stereocenters. The van der Waals surface area contributed by atoms with Gasteiger partial charge in [-0.25, -0.2) is 4.98 Å². The first-order valence-electron chi connectivity index (χ1n) is 19.0. The average molecular weight is 719 g/mol. The highest BCUT2D eigenvalue weighted by Gasteiger charge is 2.35. The summed E-state index contributed by atoms with van der Waals surface area (Å²) in [6.45, 7) is 4.71. The molecule has 0 saturated heterocycles. The monoisotopic (exact) mass is 718 g/mol. The lowest BCUT2D eigenvalue weighted by Crippen LogP contribution is -2.14. The van der Waals surface area contributed by atoms with Gasteiger partial charge in [-0.3, -0.25) is 0 Å². The molecule has 0 fully saturated rings. The molecule has 8 aromatic carbocycles. The standard InChI is InChI=1S/C52H34N2S/c1-52(2)42-18-8-3-13-34(42)35-28-25-32(29-43(35)52)50-41-30-40(51-49(39-17-7-12-22-47(39)55-51)48(41)38-16-4-9-19-44(38)53-50)31-23-26-33(27-24-31)54-45-20-10-5-14-36(45)37-15-6-11-21-46(37)54/h3-30H,1-2H3. The fourth-order valence-electron chi connectivity index (χ4n) is 9.61. The lowest BCUT2D eigenvalue weighted by molar-refractivity contribution is 0.660. The van der Waals surface area contributed by atoms with E-state index < -0.39 is 0 Å². The van der Waals surface area contributed by atoms with E-state index in [9.17, 15) is 0 Å². The molecule has 258 valence electrons. The van der Waals surface area contributed by atoms with Crippen LogP contribution in [0.4, 0.5) is 0 Å². The van der Waals surface area contributed by atoms with E-state index >= 15 is 0 Å². The number of thiophene rings is 1. The Balaban J connectivity index is 1.13. The number of benzene rings is 8. The molecule has 11 aromatic rings. The molecule has 0 amide bonds. The molecule has 3 aromatic heterocycles. The van der Waals surface area contributed by atoms with E-state index in [1.54, 1.807) is 0 Å². The zero-order chi connectivity index (χ0) is 36.4. The highest BCUT2D eigenvalue weighted by molar-refractivity contribution is 7.26. The molecule has 1 aliphatic rings. The minimum absolute atomic E-state index is 0.102. The van der Waals surface area contributed by atoms with Gasteiger partial charge >= 0.3 is 0 Å². The number of hydrogen-bond acceptors (Lipinski definition) is 2. The molecule has 55 heavy (non-hydrogen) atoms. The van der Waals surface area contributed by atoms with E-state index in [4.69, 9.17) is 4.98 Å². The summed E-state index contributed by atoms with van der Waals surface area (Å²) in [6.07, 6.45) is 0. The number of aromatic nitrogens is 2. The molecular formula is C52H34N2S. The van der Waals surface area contributed by atoms with Crippen LogP contribution in [-0.2, 0) is 5.41 Å². The van der Waals surface area contributed by atoms with Crippen molar-refractivity contribution in [3.05, 3.63) is 181 Å². The first-order chi connectivity index (χ1) is 27.0. The van der Waals surface area contributed by atoms with Gasteiger partial charge in [0.1, 0.15) is 0 Å². The highest BCUT2D eigenvalue weighted by atomic mass is 32.1. The second-order valence-corrected chi connectivity index (χ2v) is 16.5. The summed E-state index contributed by atoms with van der Waals surface area (Å²) in [5.41, 5.74) is 14.5. The fourth-order valence-corrected chi connectivity index (χ4v) is 10.9. The van der Waals surface area contributed by atoms with Gasteiger partial charge in [-0.05, 0) is 76.3 Å². The molecule has 0 saturated carbocycles. The minimum atomic E-state index is -0.102. The first-order valence-corrected chi connectivity index (χ1v) is 19.9. The van der Waals surface area contributed by atoms with Crippen molar-refractivity contribution in [2.45, 2.75) is 19.3 Å². The van der Waals surface area contributed by atoms with Crippen LogP contribution in [0.3, 0.4) is 0 Å². The van der Waals surface area contributed by atoms with E-state index in [-0.39, 0.29) is 5.41 Å². The van der Waals surface area contributed by atoms with Gasteiger partial charge in [-0.1, -0.05) is 135 Å². The normalized spacial score (nSPS) is 13.4. The van der Waals surface area contributed by atoms with Crippen LogP contribution in [0.5, 0.6) is 0 Å². The van der Waals surface area contributed by atoms with Crippen LogP contribution >= 0.6 is 11.3 Å². The van der Waals surface area contributed by atoms with Crippen LogP contribution in [0.2, 0.25) is 0 Å². The van der Waals surface area contributed by atoms with E-state index in [1.807, 2.05) is 11.3 Å². The smallest absolute Gasteiger partial charge is 0.0788 e. The summed E-state index contributed by atoms with van der Waals surface area (Å²) < 4.78 is 5.00. The highest BCUT2D eigenvalue weighted by Crippen LogP contribution is 2.51. The van der Waals surface area contributed by atoms with E-state index in [1.165, 1.54) is 91.5 Å². The van der Waals surface area contributed by atoms with Gasteiger partial charge in [0.25, 0.3) is 0 Å². The third-order valence-corrected chi connectivity index (χ3v) is 13.4. The number of pyridine rings is 1. The molecular weight excluding hydrogens is 685 g/mol. The summed E-state index contributed by atoms with van der Waals surface area (Å²) in [5.74, 6) is 0. The van der Waals surface area contributed by atoms with Gasteiger partial charge in [0.2, 0.25) is 0 Å². The van der Waals surface area contributed by atoms with Gasteiger partial charge in [0.05, 0.1) is 22.2 Å². The van der Waals surface area contributed by atoms with Gasteiger partial charge in [0.15, 0.2) is 0 Å². The predicted octanol–water partition coefficient (Wildman–Crippen LogP) is 14.5. The average Bonchev–Trinajstić information content (AvgIpc) is 3.86. The molecule has 0 aliphatic heterocycles. The molecule has 3 heteroatoms.